The third-order valence-corrected chi connectivity index (χ3v) is 5.53. The van der Waals surface area contributed by atoms with Crippen molar-refractivity contribution < 1.29 is 9.18 Å². The number of halogens is 1. The van der Waals surface area contributed by atoms with Gasteiger partial charge in [0.1, 0.15) is 23.4 Å². The summed E-state index contributed by atoms with van der Waals surface area (Å²) in [6.07, 6.45) is 7.82. The zero-order valence-electron chi connectivity index (χ0n) is 18.1. The Bertz CT molecular complexity index is 1110. The number of amides is 1. The van der Waals surface area contributed by atoms with Crippen molar-refractivity contribution in [3.05, 3.63) is 59.3 Å². The standard InChI is InChI=1S/C22H26FN7O/c1-13(2)20-22(31)28-19-14(3)26-18(27-21(19)29(20)4)6-5-15-9-25-30(11-15)12-16-7-8-24-10-17(16)23/h7-11,13,20H,5-6,12H2,1-4H3,(H,28,31)/t20-/m0/s1. The van der Waals surface area contributed by atoms with Crippen molar-refractivity contribution in [3.8, 4) is 0 Å². The number of nitrogens with zero attached hydrogens (tertiary/aromatic N) is 6. The van der Waals surface area contributed by atoms with Gasteiger partial charge in [0, 0.05) is 31.4 Å². The topological polar surface area (TPSA) is 88.8 Å². The average molecular weight is 423 g/mol. The molecule has 0 saturated heterocycles. The van der Waals surface area contributed by atoms with Crippen LogP contribution in [0.5, 0.6) is 0 Å². The second-order valence-electron chi connectivity index (χ2n) is 8.23. The van der Waals surface area contributed by atoms with Crippen LogP contribution < -0.4 is 10.2 Å². The molecule has 162 valence electrons. The van der Waals surface area contributed by atoms with E-state index in [1.54, 1.807) is 23.1 Å². The van der Waals surface area contributed by atoms with Gasteiger partial charge in [-0.2, -0.15) is 5.10 Å². The molecular weight excluding hydrogens is 397 g/mol. The van der Waals surface area contributed by atoms with Crippen LogP contribution in [0, 0.1) is 18.7 Å². The molecule has 0 saturated carbocycles. The van der Waals surface area contributed by atoms with E-state index in [9.17, 15) is 9.18 Å². The molecule has 1 aliphatic heterocycles. The summed E-state index contributed by atoms with van der Waals surface area (Å²) in [7, 11) is 1.90. The maximum atomic E-state index is 13.8. The number of carbonyl (C=O) groups excluding carboxylic acids is 1. The number of carbonyl (C=O) groups is 1. The third kappa shape index (κ3) is 4.26. The lowest BCUT2D eigenvalue weighted by Gasteiger charge is -2.36. The van der Waals surface area contributed by atoms with Gasteiger partial charge in [-0.05, 0) is 30.9 Å². The molecule has 0 spiro atoms. The van der Waals surface area contributed by atoms with E-state index in [1.807, 2.05) is 38.9 Å². The molecule has 8 nitrogen and oxygen atoms in total. The fraction of sp³-hybridized carbons (Fsp3) is 0.409. The lowest BCUT2D eigenvalue weighted by molar-refractivity contribution is -0.118. The number of likely N-dealkylation sites (N-methyl/N-ethyl adjacent to an activating group) is 1. The lowest BCUT2D eigenvalue weighted by Crippen LogP contribution is -2.49. The van der Waals surface area contributed by atoms with Gasteiger partial charge in [0.25, 0.3) is 0 Å². The van der Waals surface area contributed by atoms with E-state index < -0.39 is 0 Å². The smallest absolute Gasteiger partial charge is 0.247 e. The van der Waals surface area contributed by atoms with Gasteiger partial charge in [0.05, 0.1) is 24.6 Å². The number of fused-ring (bicyclic) bond motifs is 1. The van der Waals surface area contributed by atoms with E-state index in [4.69, 9.17) is 4.98 Å². The summed E-state index contributed by atoms with van der Waals surface area (Å²) in [5, 5.41) is 7.30. The highest BCUT2D eigenvalue weighted by Gasteiger charge is 2.35. The van der Waals surface area contributed by atoms with Gasteiger partial charge in [-0.15, -0.1) is 0 Å². The van der Waals surface area contributed by atoms with Gasteiger partial charge < -0.3 is 10.2 Å². The molecule has 0 aromatic carbocycles. The Labute approximate surface area is 180 Å². The van der Waals surface area contributed by atoms with Gasteiger partial charge in [0.2, 0.25) is 5.91 Å². The van der Waals surface area contributed by atoms with E-state index in [0.717, 1.165) is 22.9 Å². The van der Waals surface area contributed by atoms with Crippen molar-refractivity contribution in [2.75, 3.05) is 17.3 Å². The van der Waals surface area contributed by atoms with E-state index in [2.05, 4.69) is 20.4 Å². The Morgan fingerprint density at radius 3 is 2.77 bits per heavy atom. The molecular formula is C22H26FN7O. The molecule has 0 bridgehead atoms. The monoisotopic (exact) mass is 423 g/mol. The molecule has 31 heavy (non-hydrogen) atoms. The molecule has 1 aliphatic rings. The Balaban J connectivity index is 1.48. The molecule has 0 fully saturated rings. The van der Waals surface area contributed by atoms with Crippen LogP contribution in [0.3, 0.4) is 0 Å². The Morgan fingerprint density at radius 2 is 2.03 bits per heavy atom. The Kier molecular flexibility index (Phi) is 5.67. The number of nitrogens with one attached hydrogen (secondary N) is 1. The van der Waals surface area contributed by atoms with Gasteiger partial charge in [-0.3, -0.25) is 14.5 Å². The van der Waals surface area contributed by atoms with Crippen LogP contribution in [-0.4, -0.2) is 43.7 Å². The van der Waals surface area contributed by atoms with E-state index in [0.29, 0.717) is 30.6 Å². The first kappa shape index (κ1) is 20.9. The molecule has 9 heteroatoms. The van der Waals surface area contributed by atoms with Crippen LogP contribution >= 0.6 is 0 Å². The largest absolute Gasteiger partial charge is 0.346 e. The molecule has 4 rings (SSSR count). The molecule has 3 aromatic heterocycles. The summed E-state index contributed by atoms with van der Waals surface area (Å²) in [6.45, 7) is 6.28. The first-order chi connectivity index (χ1) is 14.8. The van der Waals surface area contributed by atoms with Crippen molar-refractivity contribution in [1.82, 2.24) is 24.7 Å². The normalized spacial score (nSPS) is 15.9. The molecule has 1 amide bonds. The van der Waals surface area contributed by atoms with Crippen LogP contribution in [0.2, 0.25) is 0 Å². The average Bonchev–Trinajstić information content (AvgIpc) is 3.16. The highest BCUT2D eigenvalue weighted by Crippen LogP contribution is 2.33. The number of hydrogen-bond acceptors (Lipinski definition) is 6. The van der Waals surface area contributed by atoms with Crippen LogP contribution in [-0.2, 0) is 24.2 Å². The van der Waals surface area contributed by atoms with Crippen LogP contribution in [0.15, 0.2) is 30.9 Å². The number of aryl methyl sites for hydroxylation is 3. The molecule has 0 unspecified atom stereocenters. The molecule has 3 aromatic rings. The highest BCUT2D eigenvalue weighted by atomic mass is 19.1. The zero-order chi connectivity index (χ0) is 22.1. The molecule has 4 heterocycles. The number of pyridine rings is 1. The van der Waals surface area contributed by atoms with Gasteiger partial charge in [-0.25, -0.2) is 14.4 Å². The maximum absolute atomic E-state index is 13.8. The van der Waals surface area contributed by atoms with Crippen LogP contribution in [0.1, 0.15) is 36.5 Å². The summed E-state index contributed by atoms with van der Waals surface area (Å²) in [4.78, 5) is 27.5. The molecule has 0 radical (unpaired) electrons. The van der Waals surface area contributed by atoms with E-state index in [1.165, 1.54) is 6.20 Å². The zero-order valence-corrected chi connectivity index (χ0v) is 18.1. The van der Waals surface area contributed by atoms with Crippen molar-refractivity contribution in [2.24, 2.45) is 5.92 Å². The number of anilines is 2. The van der Waals surface area contributed by atoms with Crippen LogP contribution in [0.25, 0.3) is 0 Å². The quantitative estimate of drug-likeness (QED) is 0.656. The molecule has 1 atom stereocenters. The number of aromatic nitrogens is 5. The predicted molar refractivity (Wildman–Crippen MR) is 115 cm³/mol. The summed E-state index contributed by atoms with van der Waals surface area (Å²) in [5.74, 6) is 1.27. The second-order valence-corrected chi connectivity index (χ2v) is 8.23. The fourth-order valence-corrected chi connectivity index (χ4v) is 3.97. The first-order valence-corrected chi connectivity index (χ1v) is 10.3. The minimum Gasteiger partial charge on any atom is -0.346 e. The fourth-order valence-electron chi connectivity index (χ4n) is 3.97. The number of rotatable bonds is 6. The summed E-state index contributed by atoms with van der Waals surface area (Å²) in [6, 6.07) is 1.39. The van der Waals surface area contributed by atoms with Crippen LogP contribution in [0.4, 0.5) is 15.9 Å². The predicted octanol–water partition coefficient (Wildman–Crippen LogP) is 2.76. The van der Waals surface area contributed by atoms with Crippen molar-refractivity contribution in [3.63, 3.8) is 0 Å². The van der Waals surface area contributed by atoms with Gasteiger partial charge in [-0.1, -0.05) is 13.8 Å². The molecule has 0 aliphatic carbocycles. The van der Waals surface area contributed by atoms with E-state index in [-0.39, 0.29) is 23.7 Å². The number of hydrogen-bond donors (Lipinski definition) is 1. The Morgan fingerprint density at radius 1 is 1.23 bits per heavy atom. The summed E-state index contributed by atoms with van der Waals surface area (Å²) < 4.78 is 15.5. The van der Waals surface area contributed by atoms with Crippen molar-refractivity contribution in [2.45, 2.75) is 46.2 Å². The lowest BCUT2D eigenvalue weighted by atomic mass is 9.99. The first-order valence-electron chi connectivity index (χ1n) is 10.3. The summed E-state index contributed by atoms with van der Waals surface area (Å²) in [5.41, 5.74) is 3.00. The second kappa shape index (κ2) is 8.41. The summed E-state index contributed by atoms with van der Waals surface area (Å²) >= 11 is 0. The minimum absolute atomic E-state index is 0.0255. The van der Waals surface area contributed by atoms with E-state index >= 15 is 0 Å². The Hall–Kier alpha value is -3.36. The van der Waals surface area contributed by atoms with Crippen molar-refractivity contribution in [1.29, 1.82) is 0 Å². The van der Waals surface area contributed by atoms with Gasteiger partial charge >= 0.3 is 0 Å². The SMILES string of the molecule is Cc1nc(CCc2cnn(Cc3ccncc3F)c2)nc2c1NC(=O)[C@H](C(C)C)N2C. The highest BCUT2D eigenvalue weighted by molar-refractivity contribution is 6.03. The molecule has 1 N–H and O–H groups in total. The third-order valence-electron chi connectivity index (χ3n) is 5.53. The maximum Gasteiger partial charge on any atom is 0.247 e. The van der Waals surface area contributed by atoms with Crippen molar-refractivity contribution >= 4 is 17.4 Å². The van der Waals surface area contributed by atoms with Gasteiger partial charge in [0.15, 0.2) is 5.82 Å². The minimum atomic E-state index is -0.339.